The Morgan fingerprint density at radius 3 is 2.29 bits per heavy atom. The Morgan fingerprint density at radius 2 is 1.93 bits per heavy atom. The fourth-order valence-electron chi connectivity index (χ4n) is 0.989. The highest BCUT2D eigenvalue weighted by Crippen LogP contribution is 2.14. The smallest absolute Gasteiger partial charge is 0.337 e. The van der Waals surface area contributed by atoms with Crippen molar-refractivity contribution in [2.24, 2.45) is 0 Å². The molecule has 0 fully saturated rings. The molecule has 0 heterocycles. The van der Waals surface area contributed by atoms with Gasteiger partial charge in [0.05, 0.1) is 19.9 Å². The number of carbonyl (C=O) groups excluding carboxylic acids is 1. The Balaban J connectivity index is 4.93. The topological polar surface area (TPSA) is 26.3 Å². The minimum atomic E-state index is -1.62. The quantitative estimate of drug-likeness (QED) is 0.310. The monoisotopic (exact) mass is 212 g/mol. The van der Waals surface area contributed by atoms with Gasteiger partial charge in [-0.3, -0.25) is 0 Å². The third-order valence-electron chi connectivity index (χ3n) is 1.68. The minimum Gasteiger partial charge on any atom is -0.462 e. The molecular formula is C11H20O2Si. The van der Waals surface area contributed by atoms with Crippen LogP contribution in [0.4, 0.5) is 0 Å². The third kappa shape index (κ3) is 4.45. The van der Waals surface area contributed by atoms with Gasteiger partial charge in [-0.25, -0.2) is 4.79 Å². The van der Waals surface area contributed by atoms with Gasteiger partial charge in [-0.2, -0.15) is 0 Å². The van der Waals surface area contributed by atoms with Crippen molar-refractivity contribution >= 4 is 14.0 Å². The fraction of sp³-hybridized carbons (Fsp3) is 0.636. The van der Waals surface area contributed by atoms with Gasteiger partial charge in [0, 0.05) is 0 Å². The summed E-state index contributed by atoms with van der Waals surface area (Å²) in [5, 5.41) is 0.751. The van der Waals surface area contributed by atoms with E-state index in [0.717, 1.165) is 11.6 Å². The molecule has 0 aliphatic heterocycles. The Hall–Kier alpha value is -0.793. The highest BCUT2D eigenvalue weighted by Gasteiger charge is 2.26. The van der Waals surface area contributed by atoms with E-state index in [0.29, 0.717) is 6.61 Å². The summed E-state index contributed by atoms with van der Waals surface area (Å²) in [5.74, 6) is -0.198. The summed E-state index contributed by atoms with van der Waals surface area (Å²) in [4.78, 5) is 11.6. The average molecular weight is 212 g/mol. The molecule has 0 aromatic carbocycles. The zero-order valence-electron chi connectivity index (χ0n) is 9.81. The van der Waals surface area contributed by atoms with E-state index in [4.69, 9.17) is 4.74 Å². The SMILES string of the molecule is CCC=C=C(C(=O)OCC)[Si](C)(C)C. The largest absolute Gasteiger partial charge is 0.462 e. The maximum absolute atomic E-state index is 11.6. The lowest BCUT2D eigenvalue weighted by molar-refractivity contribution is -0.137. The first-order chi connectivity index (χ1) is 6.43. The first-order valence-corrected chi connectivity index (χ1v) is 8.56. The number of rotatable bonds is 4. The first kappa shape index (κ1) is 13.2. The molecule has 0 radical (unpaired) electrons. The van der Waals surface area contributed by atoms with Crippen LogP contribution >= 0.6 is 0 Å². The van der Waals surface area contributed by atoms with E-state index in [-0.39, 0.29) is 5.97 Å². The van der Waals surface area contributed by atoms with E-state index in [1.165, 1.54) is 0 Å². The molecule has 0 spiro atoms. The summed E-state index contributed by atoms with van der Waals surface area (Å²) in [6.07, 6.45) is 2.79. The molecule has 0 N–H and O–H groups in total. The zero-order chi connectivity index (χ0) is 11.2. The highest BCUT2D eigenvalue weighted by atomic mass is 28.3. The summed E-state index contributed by atoms with van der Waals surface area (Å²) >= 11 is 0. The maximum atomic E-state index is 11.6. The number of hydrogen-bond donors (Lipinski definition) is 0. The van der Waals surface area contributed by atoms with Gasteiger partial charge in [0.1, 0.15) is 0 Å². The lowest BCUT2D eigenvalue weighted by Gasteiger charge is -2.16. The second-order valence-electron chi connectivity index (χ2n) is 4.10. The van der Waals surface area contributed by atoms with Gasteiger partial charge in [0.15, 0.2) is 0 Å². The second kappa shape index (κ2) is 5.84. The zero-order valence-corrected chi connectivity index (χ0v) is 10.8. The van der Waals surface area contributed by atoms with E-state index in [2.05, 4.69) is 25.4 Å². The Labute approximate surface area is 87.7 Å². The first-order valence-electron chi connectivity index (χ1n) is 5.06. The molecule has 0 aromatic rings. The van der Waals surface area contributed by atoms with Crippen LogP contribution in [-0.2, 0) is 9.53 Å². The van der Waals surface area contributed by atoms with Gasteiger partial charge >= 0.3 is 5.97 Å². The van der Waals surface area contributed by atoms with Gasteiger partial charge in [-0.05, 0) is 19.4 Å². The Bertz CT molecular complexity index is 255. The number of ether oxygens (including phenoxy) is 1. The molecule has 0 saturated carbocycles. The molecule has 0 bridgehead atoms. The van der Waals surface area contributed by atoms with Gasteiger partial charge in [0.2, 0.25) is 0 Å². The molecule has 0 saturated heterocycles. The highest BCUT2D eigenvalue weighted by molar-refractivity contribution is 6.86. The maximum Gasteiger partial charge on any atom is 0.337 e. The standard InChI is InChI=1S/C11H20O2Si/c1-6-8-9-10(14(3,4)5)11(12)13-7-2/h8H,6-7H2,1-5H3. The second-order valence-corrected chi connectivity index (χ2v) is 9.10. The Morgan fingerprint density at radius 1 is 1.36 bits per heavy atom. The summed E-state index contributed by atoms with van der Waals surface area (Å²) < 4.78 is 5.00. The molecule has 0 aliphatic rings. The van der Waals surface area contributed by atoms with Crippen molar-refractivity contribution in [2.75, 3.05) is 6.61 Å². The van der Waals surface area contributed by atoms with Gasteiger partial charge in [0.25, 0.3) is 0 Å². The van der Waals surface area contributed by atoms with E-state index < -0.39 is 8.07 Å². The molecule has 3 heteroatoms. The summed E-state index contributed by atoms with van der Waals surface area (Å²) in [7, 11) is -1.62. The normalized spacial score (nSPS) is 10.4. The molecule has 0 aromatic heterocycles. The van der Waals surface area contributed by atoms with E-state index >= 15 is 0 Å². The molecule has 14 heavy (non-hydrogen) atoms. The van der Waals surface area contributed by atoms with Crippen molar-refractivity contribution in [3.63, 3.8) is 0 Å². The lowest BCUT2D eigenvalue weighted by Crippen LogP contribution is -2.30. The summed E-state index contributed by atoms with van der Waals surface area (Å²) in [6, 6.07) is 0. The molecule has 0 unspecified atom stereocenters. The van der Waals surface area contributed by atoms with Crippen LogP contribution in [0.3, 0.4) is 0 Å². The summed E-state index contributed by atoms with van der Waals surface area (Å²) in [6.45, 7) is 10.6. The molecule has 80 valence electrons. The van der Waals surface area contributed by atoms with E-state index in [9.17, 15) is 4.79 Å². The van der Waals surface area contributed by atoms with Crippen LogP contribution in [0.5, 0.6) is 0 Å². The lowest BCUT2D eigenvalue weighted by atomic mass is 10.4. The number of hydrogen-bond acceptors (Lipinski definition) is 2. The average Bonchev–Trinajstić information content (AvgIpc) is 2.03. The van der Waals surface area contributed by atoms with Crippen molar-refractivity contribution < 1.29 is 9.53 Å². The predicted octanol–water partition coefficient (Wildman–Crippen LogP) is 2.92. The molecule has 0 rings (SSSR count). The van der Waals surface area contributed by atoms with Crippen molar-refractivity contribution in [1.29, 1.82) is 0 Å². The van der Waals surface area contributed by atoms with Gasteiger partial charge < -0.3 is 4.74 Å². The summed E-state index contributed by atoms with van der Waals surface area (Å²) in [5.41, 5.74) is 3.07. The van der Waals surface area contributed by atoms with Crippen LogP contribution in [0.1, 0.15) is 20.3 Å². The van der Waals surface area contributed by atoms with Crippen LogP contribution in [0, 0.1) is 0 Å². The fourth-order valence-corrected chi connectivity index (χ4v) is 2.21. The molecule has 0 aliphatic carbocycles. The molecular weight excluding hydrogens is 192 g/mol. The Kier molecular flexibility index (Phi) is 5.51. The van der Waals surface area contributed by atoms with Gasteiger partial charge in [-0.1, -0.05) is 26.6 Å². The van der Waals surface area contributed by atoms with Crippen LogP contribution in [-0.4, -0.2) is 20.7 Å². The van der Waals surface area contributed by atoms with Crippen molar-refractivity contribution in [2.45, 2.75) is 39.9 Å². The van der Waals surface area contributed by atoms with Crippen LogP contribution < -0.4 is 0 Å². The molecule has 2 nitrogen and oxygen atoms in total. The molecule has 0 amide bonds. The van der Waals surface area contributed by atoms with E-state index in [1.54, 1.807) is 0 Å². The van der Waals surface area contributed by atoms with E-state index in [1.807, 2.05) is 19.9 Å². The van der Waals surface area contributed by atoms with Crippen molar-refractivity contribution in [1.82, 2.24) is 0 Å². The van der Waals surface area contributed by atoms with Crippen molar-refractivity contribution in [3.8, 4) is 0 Å². The number of carbonyl (C=O) groups is 1. The van der Waals surface area contributed by atoms with Crippen LogP contribution in [0.25, 0.3) is 0 Å². The van der Waals surface area contributed by atoms with Crippen LogP contribution in [0.15, 0.2) is 17.0 Å². The van der Waals surface area contributed by atoms with Crippen molar-refractivity contribution in [3.05, 3.63) is 17.0 Å². The predicted molar refractivity (Wildman–Crippen MR) is 61.9 cm³/mol. The molecule has 0 atom stereocenters. The van der Waals surface area contributed by atoms with Crippen LogP contribution in [0.2, 0.25) is 19.6 Å². The number of esters is 1. The minimum absolute atomic E-state index is 0.198. The third-order valence-corrected chi connectivity index (χ3v) is 3.53. The van der Waals surface area contributed by atoms with Gasteiger partial charge in [-0.15, -0.1) is 5.73 Å².